The number of piperidine rings is 1. The Bertz CT molecular complexity index is 1310. The zero-order valence-electron chi connectivity index (χ0n) is 19.1. The first-order valence-corrected chi connectivity index (χ1v) is 12.1. The third-order valence-electron chi connectivity index (χ3n) is 6.13. The lowest BCUT2D eigenvalue weighted by molar-refractivity contribution is -0.121. The van der Waals surface area contributed by atoms with Gasteiger partial charge < -0.3 is 15.0 Å². The van der Waals surface area contributed by atoms with E-state index in [-0.39, 0.29) is 24.2 Å². The normalized spacial score (nSPS) is 14.5. The summed E-state index contributed by atoms with van der Waals surface area (Å²) in [6.07, 6.45) is 1.71. The van der Waals surface area contributed by atoms with Gasteiger partial charge in [0.2, 0.25) is 5.91 Å². The zero-order valence-corrected chi connectivity index (χ0v) is 19.9. The summed E-state index contributed by atoms with van der Waals surface area (Å²) in [4.78, 5) is 19.6. The highest BCUT2D eigenvalue weighted by atomic mass is 32.1. The van der Waals surface area contributed by atoms with Crippen molar-refractivity contribution in [1.29, 1.82) is 0 Å². The number of nitrogens with one attached hydrogen (secondary N) is 1. The molecule has 1 N–H and O–H groups in total. The van der Waals surface area contributed by atoms with Crippen LogP contribution in [0.3, 0.4) is 0 Å². The Morgan fingerprint density at radius 3 is 2.62 bits per heavy atom. The average Bonchev–Trinajstić information content (AvgIpc) is 3.42. The van der Waals surface area contributed by atoms with Crippen LogP contribution in [0.5, 0.6) is 5.75 Å². The molecule has 176 valence electrons. The van der Waals surface area contributed by atoms with Crippen LogP contribution in [0.1, 0.15) is 24.1 Å². The first-order chi connectivity index (χ1) is 16.5. The summed E-state index contributed by atoms with van der Waals surface area (Å²) in [6.45, 7) is 3.60. The number of carbonyl (C=O) groups is 1. The Kier molecular flexibility index (Phi) is 6.19. The van der Waals surface area contributed by atoms with Gasteiger partial charge in [0.1, 0.15) is 11.6 Å². The molecule has 2 aromatic heterocycles. The third kappa shape index (κ3) is 4.48. The molecule has 1 fully saturated rings. The number of aryl methyl sites for hydroxylation is 1. The monoisotopic (exact) mass is 479 g/mol. The second kappa shape index (κ2) is 9.42. The van der Waals surface area contributed by atoms with E-state index in [9.17, 15) is 9.18 Å². The Morgan fingerprint density at radius 1 is 1.18 bits per heavy atom. The van der Waals surface area contributed by atoms with Gasteiger partial charge in [-0.2, -0.15) is 10.1 Å². The van der Waals surface area contributed by atoms with Crippen molar-refractivity contribution in [3.05, 3.63) is 65.6 Å². The van der Waals surface area contributed by atoms with Gasteiger partial charge in [-0.3, -0.25) is 4.79 Å². The van der Waals surface area contributed by atoms with E-state index < -0.39 is 0 Å². The van der Waals surface area contributed by atoms with Gasteiger partial charge in [-0.05, 0) is 55.7 Å². The zero-order chi connectivity index (χ0) is 23.7. The average molecular weight is 480 g/mol. The lowest BCUT2D eigenvalue weighted by atomic mass is 10.0. The lowest BCUT2D eigenvalue weighted by Crippen LogP contribution is -2.45. The van der Waals surface area contributed by atoms with Crippen molar-refractivity contribution in [2.45, 2.75) is 32.2 Å². The molecule has 1 amide bonds. The van der Waals surface area contributed by atoms with Crippen LogP contribution < -0.4 is 15.0 Å². The predicted octanol–water partition coefficient (Wildman–Crippen LogP) is 4.27. The summed E-state index contributed by atoms with van der Waals surface area (Å²) in [6, 6.07) is 14.3. The van der Waals surface area contributed by atoms with Crippen LogP contribution in [-0.4, -0.2) is 46.9 Å². The van der Waals surface area contributed by atoms with Crippen LogP contribution in [0, 0.1) is 12.7 Å². The van der Waals surface area contributed by atoms with E-state index in [0.29, 0.717) is 5.56 Å². The topological polar surface area (TPSA) is 72.3 Å². The molecule has 0 aliphatic carbocycles. The van der Waals surface area contributed by atoms with Gasteiger partial charge in [0.05, 0.1) is 29.6 Å². The quantitative estimate of drug-likeness (QED) is 0.447. The summed E-state index contributed by atoms with van der Waals surface area (Å²) in [5.41, 5.74) is 3.16. The number of halogens is 1. The predicted molar refractivity (Wildman–Crippen MR) is 132 cm³/mol. The number of anilines is 1. The van der Waals surface area contributed by atoms with Gasteiger partial charge in [0, 0.05) is 19.1 Å². The molecule has 4 aromatic rings. The number of amides is 1. The molecule has 1 aliphatic rings. The Labute approximate surface area is 201 Å². The maximum absolute atomic E-state index is 13.8. The Balaban J connectivity index is 1.24. The summed E-state index contributed by atoms with van der Waals surface area (Å²) >= 11 is 1.65. The van der Waals surface area contributed by atoms with Gasteiger partial charge in [-0.1, -0.05) is 29.5 Å². The molecular formula is C25H26FN5O2S. The minimum absolute atomic E-state index is 0.0614. The van der Waals surface area contributed by atoms with Gasteiger partial charge in [-0.15, -0.1) is 0 Å². The fraction of sp³-hybridized carbons (Fsp3) is 0.320. The highest BCUT2D eigenvalue weighted by molar-refractivity contribution is 7.22. The summed E-state index contributed by atoms with van der Waals surface area (Å²) in [5, 5.41) is 8.71. The van der Waals surface area contributed by atoms with Crippen LogP contribution in [0.15, 0.2) is 48.5 Å². The van der Waals surface area contributed by atoms with Gasteiger partial charge in [0.25, 0.3) is 0 Å². The molecule has 3 heterocycles. The summed E-state index contributed by atoms with van der Waals surface area (Å²) < 4.78 is 22.0. The number of ether oxygens (including phenoxy) is 1. The number of fused-ring (bicyclic) bond motifs is 1. The van der Waals surface area contributed by atoms with E-state index >= 15 is 0 Å². The number of hydrogen-bond acceptors (Lipinski definition) is 6. The number of aromatic nitrogens is 3. The van der Waals surface area contributed by atoms with E-state index in [2.05, 4.69) is 15.3 Å². The van der Waals surface area contributed by atoms with E-state index in [1.54, 1.807) is 36.6 Å². The SMILES string of the molecule is COc1ccc(-n2nc(C)c3sc(N4CCC(NC(=O)Cc5ccccc5F)CC4)nc32)cc1. The van der Waals surface area contributed by atoms with Crippen LogP contribution in [0.2, 0.25) is 0 Å². The number of methoxy groups -OCH3 is 1. The molecule has 0 radical (unpaired) electrons. The fourth-order valence-electron chi connectivity index (χ4n) is 4.27. The number of carbonyl (C=O) groups excluding carboxylic acids is 1. The number of thiazole rings is 1. The first-order valence-electron chi connectivity index (χ1n) is 11.3. The van der Waals surface area contributed by atoms with Crippen molar-refractivity contribution in [2.75, 3.05) is 25.1 Å². The molecule has 2 aromatic carbocycles. The van der Waals surface area contributed by atoms with Gasteiger partial charge >= 0.3 is 0 Å². The molecule has 0 atom stereocenters. The highest BCUT2D eigenvalue weighted by Crippen LogP contribution is 2.34. The second-order valence-corrected chi connectivity index (χ2v) is 9.42. The van der Waals surface area contributed by atoms with Crippen molar-refractivity contribution >= 4 is 32.7 Å². The molecule has 0 saturated carbocycles. The smallest absolute Gasteiger partial charge is 0.224 e. The maximum atomic E-state index is 13.8. The van der Waals surface area contributed by atoms with Crippen LogP contribution in [-0.2, 0) is 11.2 Å². The Hall–Kier alpha value is -3.46. The van der Waals surface area contributed by atoms with Crippen molar-refractivity contribution in [3.63, 3.8) is 0 Å². The molecule has 0 unspecified atom stereocenters. The molecule has 1 saturated heterocycles. The molecule has 34 heavy (non-hydrogen) atoms. The summed E-state index contributed by atoms with van der Waals surface area (Å²) in [5.74, 6) is 0.317. The Morgan fingerprint density at radius 2 is 1.91 bits per heavy atom. The van der Waals surface area contributed by atoms with E-state index in [4.69, 9.17) is 9.72 Å². The molecule has 9 heteroatoms. The van der Waals surface area contributed by atoms with E-state index in [1.807, 2.05) is 35.9 Å². The fourth-order valence-corrected chi connectivity index (χ4v) is 5.31. The molecular weight excluding hydrogens is 453 g/mol. The number of hydrogen-bond donors (Lipinski definition) is 1. The first kappa shape index (κ1) is 22.3. The molecule has 0 bridgehead atoms. The summed E-state index contributed by atoms with van der Waals surface area (Å²) in [7, 11) is 1.65. The number of rotatable bonds is 6. The van der Waals surface area contributed by atoms with E-state index in [1.165, 1.54) is 6.07 Å². The molecule has 5 rings (SSSR count). The van der Waals surface area contributed by atoms with E-state index in [0.717, 1.165) is 58.5 Å². The van der Waals surface area contributed by atoms with Crippen LogP contribution in [0.4, 0.5) is 9.52 Å². The van der Waals surface area contributed by atoms with Gasteiger partial charge in [-0.25, -0.2) is 9.07 Å². The molecule has 0 spiro atoms. The second-order valence-electron chi connectivity index (χ2n) is 8.44. The van der Waals surface area contributed by atoms with Crippen molar-refractivity contribution in [3.8, 4) is 11.4 Å². The highest BCUT2D eigenvalue weighted by Gasteiger charge is 2.25. The molecule has 1 aliphatic heterocycles. The molecule has 7 nitrogen and oxygen atoms in total. The lowest BCUT2D eigenvalue weighted by Gasteiger charge is -2.32. The van der Waals surface area contributed by atoms with Crippen molar-refractivity contribution < 1.29 is 13.9 Å². The number of nitrogens with zero attached hydrogens (tertiary/aromatic N) is 4. The van der Waals surface area contributed by atoms with Crippen LogP contribution in [0.25, 0.3) is 16.0 Å². The minimum atomic E-state index is -0.341. The maximum Gasteiger partial charge on any atom is 0.224 e. The van der Waals surface area contributed by atoms with Crippen LogP contribution >= 0.6 is 11.3 Å². The van der Waals surface area contributed by atoms with Gasteiger partial charge in [0.15, 0.2) is 10.8 Å². The number of benzene rings is 2. The third-order valence-corrected chi connectivity index (χ3v) is 7.35. The van der Waals surface area contributed by atoms with Crippen molar-refractivity contribution in [1.82, 2.24) is 20.1 Å². The minimum Gasteiger partial charge on any atom is -0.497 e. The largest absolute Gasteiger partial charge is 0.497 e. The van der Waals surface area contributed by atoms with Crippen molar-refractivity contribution in [2.24, 2.45) is 0 Å². The standard InChI is InChI=1S/C25H26FN5O2S/c1-16-23-24(31(29-16)19-7-9-20(33-2)10-8-19)28-25(34-23)30-13-11-18(12-14-30)27-22(32)15-17-5-3-4-6-21(17)26/h3-10,18H,11-15H2,1-2H3,(H,27,32).